The highest BCUT2D eigenvalue weighted by Gasteiger charge is 2.10. The normalized spacial score (nSPS) is 10.5. The van der Waals surface area contributed by atoms with E-state index in [1.54, 1.807) is 6.92 Å². The summed E-state index contributed by atoms with van der Waals surface area (Å²) in [7, 11) is 0. The fourth-order valence-electron chi connectivity index (χ4n) is 2.00. The first-order valence-corrected chi connectivity index (χ1v) is 8.64. The van der Waals surface area contributed by atoms with Gasteiger partial charge in [0.05, 0.1) is 12.3 Å². The molecule has 0 aliphatic rings. The van der Waals surface area contributed by atoms with Gasteiger partial charge in [0, 0.05) is 10.9 Å². The van der Waals surface area contributed by atoms with Gasteiger partial charge in [-0.25, -0.2) is 9.78 Å². The molecule has 0 aliphatic heterocycles. The highest BCUT2D eigenvalue weighted by Crippen LogP contribution is 2.26. The molecule has 1 heterocycles. The predicted molar refractivity (Wildman–Crippen MR) is 95.3 cm³/mol. The van der Waals surface area contributed by atoms with Crippen LogP contribution < -0.4 is 10.6 Å². The average molecular weight is 347 g/mol. The number of aromatic nitrogens is 1. The lowest BCUT2D eigenvalue weighted by molar-refractivity contribution is -0.115. The van der Waals surface area contributed by atoms with Crippen molar-refractivity contribution in [3.63, 3.8) is 0 Å². The van der Waals surface area contributed by atoms with Crippen LogP contribution in [0.4, 0.5) is 9.93 Å². The average Bonchev–Trinajstić information content (AvgIpc) is 3.02. The minimum absolute atomic E-state index is 0.156. The molecule has 0 fully saturated rings. The van der Waals surface area contributed by atoms with Crippen molar-refractivity contribution in [1.82, 2.24) is 10.3 Å². The van der Waals surface area contributed by atoms with Crippen LogP contribution in [0.1, 0.15) is 32.3 Å². The van der Waals surface area contributed by atoms with Crippen molar-refractivity contribution in [2.24, 2.45) is 0 Å². The van der Waals surface area contributed by atoms with Gasteiger partial charge in [-0.05, 0) is 18.4 Å². The molecule has 0 bridgehead atoms. The van der Waals surface area contributed by atoms with E-state index in [9.17, 15) is 9.59 Å². The Balaban J connectivity index is 1.93. The Hall–Kier alpha value is -2.41. The molecule has 0 saturated heterocycles. The molecule has 2 aromatic rings. The number of nitrogens with one attached hydrogen (secondary N) is 2. The van der Waals surface area contributed by atoms with E-state index in [1.807, 2.05) is 17.5 Å². The number of carbonyl (C=O) groups excluding carboxylic acids is 2. The molecule has 0 atom stereocenters. The second kappa shape index (κ2) is 8.44. The summed E-state index contributed by atoms with van der Waals surface area (Å²) in [5.74, 6) is 0.135. The van der Waals surface area contributed by atoms with Crippen LogP contribution in [0.5, 0.6) is 0 Å². The van der Waals surface area contributed by atoms with Crippen LogP contribution in [0.15, 0.2) is 29.6 Å². The molecular formula is C17H21N3O3S. The third kappa shape index (κ3) is 5.06. The van der Waals surface area contributed by atoms with Gasteiger partial charge < -0.3 is 15.4 Å². The van der Waals surface area contributed by atoms with Crippen LogP contribution in [0, 0.1) is 0 Å². The van der Waals surface area contributed by atoms with E-state index in [0.29, 0.717) is 11.0 Å². The molecule has 1 aromatic heterocycles. The molecule has 1 aromatic carbocycles. The number of hydrogen-bond donors (Lipinski definition) is 2. The van der Waals surface area contributed by atoms with E-state index >= 15 is 0 Å². The molecule has 0 saturated carbocycles. The standard InChI is InChI=1S/C17H21N3O3S/c1-4-23-17(22)18-9-15(21)20-16-19-14(10-24-16)13-7-5-12(6-8-13)11(2)3/h5-8,10-11H,4,9H2,1-3H3,(H,18,22)(H,19,20,21). The van der Waals surface area contributed by atoms with E-state index in [1.165, 1.54) is 16.9 Å². The summed E-state index contributed by atoms with van der Waals surface area (Å²) >= 11 is 1.34. The number of amides is 2. The molecule has 0 aliphatic carbocycles. The lowest BCUT2D eigenvalue weighted by atomic mass is 10.0. The van der Waals surface area contributed by atoms with E-state index in [0.717, 1.165) is 11.3 Å². The predicted octanol–water partition coefficient (Wildman–Crippen LogP) is 3.62. The van der Waals surface area contributed by atoms with Crippen molar-refractivity contribution >= 4 is 28.5 Å². The zero-order valence-corrected chi connectivity index (χ0v) is 14.8. The fraction of sp³-hybridized carbons (Fsp3) is 0.353. The molecule has 128 valence electrons. The van der Waals surface area contributed by atoms with Gasteiger partial charge in [-0.1, -0.05) is 38.1 Å². The van der Waals surface area contributed by atoms with Crippen LogP contribution in [0.3, 0.4) is 0 Å². The van der Waals surface area contributed by atoms with Crippen LogP contribution in [0.25, 0.3) is 11.3 Å². The molecule has 0 spiro atoms. The summed E-state index contributed by atoms with van der Waals surface area (Å²) in [4.78, 5) is 27.3. The summed E-state index contributed by atoms with van der Waals surface area (Å²) in [5, 5.41) is 7.40. The lowest BCUT2D eigenvalue weighted by Crippen LogP contribution is -2.33. The Labute approximate surface area is 145 Å². The number of carbonyl (C=O) groups is 2. The SMILES string of the molecule is CCOC(=O)NCC(=O)Nc1nc(-c2ccc(C(C)C)cc2)cs1. The molecule has 0 radical (unpaired) electrons. The van der Waals surface area contributed by atoms with Crippen molar-refractivity contribution in [3.8, 4) is 11.3 Å². The Kier molecular flexibility index (Phi) is 6.31. The monoisotopic (exact) mass is 347 g/mol. The first kappa shape index (κ1) is 17.9. The van der Waals surface area contributed by atoms with Crippen LogP contribution in [-0.4, -0.2) is 30.1 Å². The highest BCUT2D eigenvalue weighted by atomic mass is 32.1. The van der Waals surface area contributed by atoms with Crippen molar-refractivity contribution in [1.29, 1.82) is 0 Å². The molecule has 7 heteroatoms. The zero-order chi connectivity index (χ0) is 17.5. The molecule has 2 amide bonds. The van der Waals surface area contributed by atoms with Crippen molar-refractivity contribution in [2.75, 3.05) is 18.5 Å². The molecular weight excluding hydrogens is 326 g/mol. The van der Waals surface area contributed by atoms with Gasteiger partial charge in [-0.2, -0.15) is 0 Å². The number of anilines is 1. The number of hydrogen-bond acceptors (Lipinski definition) is 5. The lowest BCUT2D eigenvalue weighted by Gasteiger charge is -2.05. The molecule has 24 heavy (non-hydrogen) atoms. The summed E-state index contributed by atoms with van der Waals surface area (Å²) in [6, 6.07) is 8.22. The second-order valence-corrected chi connectivity index (χ2v) is 6.29. The number of benzene rings is 1. The maximum Gasteiger partial charge on any atom is 0.407 e. The molecule has 6 nitrogen and oxygen atoms in total. The van der Waals surface area contributed by atoms with Crippen molar-refractivity contribution in [2.45, 2.75) is 26.7 Å². The Bertz CT molecular complexity index is 695. The van der Waals surface area contributed by atoms with E-state index < -0.39 is 6.09 Å². The van der Waals surface area contributed by atoms with Gasteiger partial charge in [0.1, 0.15) is 6.54 Å². The van der Waals surface area contributed by atoms with Gasteiger partial charge in [0.15, 0.2) is 5.13 Å². The van der Waals surface area contributed by atoms with Crippen LogP contribution in [0.2, 0.25) is 0 Å². The fourth-order valence-corrected chi connectivity index (χ4v) is 2.74. The van der Waals surface area contributed by atoms with E-state index in [4.69, 9.17) is 0 Å². The van der Waals surface area contributed by atoms with Gasteiger partial charge in [0.2, 0.25) is 5.91 Å². The number of thiazole rings is 1. The Morgan fingerprint density at radius 1 is 1.25 bits per heavy atom. The van der Waals surface area contributed by atoms with E-state index in [-0.39, 0.29) is 19.1 Å². The van der Waals surface area contributed by atoms with Crippen molar-refractivity contribution < 1.29 is 14.3 Å². The van der Waals surface area contributed by atoms with Crippen molar-refractivity contribution in [3.05, 3.63) is 35.2 Å². The van der Waals surface area contributed by atoms with Gasteiger partial charge >= 0.3 is 6.09 Å². The van der Waals surface area contributed by atoms with Gasteiger partial charge in [0.25, 0.3) is 0 Å². The highest BCUT2D eigenvalue weighted by molar-refractivity contribution is 7.14. The van der Waals surface area contributed by atoms with E-state index in [2.05, 4.69) is 46.3 Å². The summed E-state index contributed by atoms with van der Waals surface area (Å²) in [6.45, 7) is 6.10. The van der Waals surface area contributed by atoms with Crippen LogP contribution in [-0.2, 0) is 9.53 Å². The third-order valence-electron chi connectivity index (χ3n) is 3.29. The quantitative estimate of drug-likeness (QED) is 0.836. The van der Waals surface area contributed by atoms with Crippen LogP contribution >= 0.6 is 11.3 Å². The summed E-state index contributed by atoms with van der Waals surface area (Å²) in [6.07, 6.45) is -0.613. The first-order chi connectivity index (χ1) is 11.5. The topological polar surface area (TPSA) is 80.3 Å². The second-order valence-electron chi connectivity index (χ2n) is 5.44. The smallest absolute Gasteiger partial charge is 0.407 e. The minimum atomic E-state index is -0.613. The maximum absolute atomic E-state index is 11.8. The molecule has 2 rings (SSSR count). The van der Waals surface area contributed by atoms with Gasteiger partial charge in [-0.15, -0.1) is 11.3 Å². The maximum atomic E-state index is 11.8. The van der Waals surface area contributed by atoms with Gasteiger partial charge in [-0.3, -0.25) is 4.79 Å². The number of rotatable bonds is 6. The summed E-state index contributed by atoms with van der Waals surface area (Å²) < 4.78 is 4.69. The number of nitrogens with zero attached hydrogens (tertiary/aromatic N) is 1. The Morgan fingerprint density at radius 2 is 1.96 bits per heavy atom. The third-order valence-corrected chi connectivity index (χ3v) is 4.05. The summed E-state index contributed by atoms with van der Waals surface area (Å²) in [5.41, 5.74) is 3.08. The Morgan fingerprint density at radius 3 is 2.58 bits per heavy atom. The number of ether oxygens (including phenoxy) is 1. The minimum Gasteiger partial charge on any atom is -0.450 e. The number of alkyl carbamates (subject to hydrolysis) is 1. The first-order valence-electron chi connectivity index (χ1n) is 7.76. The molecule has 2 N–H and O–H groups in total. The molecule has 0 unspecified atom stereocenters. The largest absolute Gasteiger partial charge is 0.450 e. The zero-order valence-electron chi connectivity index (χ0n) is 14.0.